The van der Waals surface area contributed by atoms with Gasteiger partial charge >= 0.3 is 6.09 Å². The smallest absolute Gasteiger partial charge is 0.416 e. The molecular formula is C11H18N4O3. The van der Waals surface area contributed by atoms with Gasteiger partial charge in [-0.1, -0.05) is 19.0 Å². The number of rotatable bonds is 6. The highest BCUT2D eigenvalue weighted by atomic mass is 16.6. The summed E-state index contributed by atoms with van der Waals surface area (Å²) in [5.41, 5.74) is 8.10. The summed E-state index contributed by atoms with van der Waals surface area (Å²) in [6.45, 7) is 4.56. The normalized spacial score (nSPS) is 18.7. The summed E-state index contributed by atoms with van der Waals surface area (Å²) in [5, 5.41) is 3.39. The number of unbranched alkanes of at least 4 members (excludes halogenated alkanes) is 1. The number of imide groups is 1. The van der Waals surface area contributed by atoms with Crippen LogP contribution in [0, 0.1) is 5.92 Å². The molecule has 1 rings (SSSR count). The molecule has 7 heteroatoms. The number of nitrogens with zero attached hydrogens (tertiary/aromatic N) is 4. The van der Waals surface area contributed by atoms with Crippen molar-refractivity contribution in [2.75, 3.05) is 13.2 Å². The van der Waals surface area contributed by atoms with Gasteiger partial charge in [0.05, 0.1) is 6.04 Å². The molecule has 0 aromatic rings. The van der Waals surface area contributed by atoms with Gasteiger partial charge in [0, 0.05) is 17.9 Å². The number of azide groups is 1. The van der Waals surface area contributed by atoms with E-state index in [1.807, 2.05) is 13.8 Å². The highest BCUT2D eigenvalue weighted by Crippen LogP contribution is 2.21. The SMILES string of the molecule is CC(C)C1COC(=O)N1C(=O)CCCCN=[N+]=[N-]. The minimum absolute atomic E-state index is 0.165. The lowest BCUT2D eigenvalue weighted by atomic mass is 10.0. The Morgan fingerprint density at radius 3 is 2.94 bits per heavy atom. The van der Waals surface area contributed by atoms with Gasteiger partial charge < -0.3 is 4.74 Å². The van der Waals surface area contributed by atoms with Crippen LogP contribution in [0.5, 0.6) is 0 Å². The molecule has 0 radical (unpaired) electrons. The van der Waals surface area contributed by atoms with E-state index in [1.54, 1.807) is 0 Å². The molecule has 0 aromatic carbocycles. The lowest BCUT2D eigenvalue weighted by Gasteiger charge is -2.22. The van der Waals surface area contributed by atoms with Crippen molar-refractivity contribution in [3.05, 3.63) is 10.4 Å². The van der Waals surface area contributed by atoms with Crippen LogP contribution in [-0.4, -0.2) is 36.1 Å². The van der Waals surface area contributed by atoms with E-state index in [9.17, 15) is 9.59 Å². The number of hydrogen-bond acceptors (Lipinski definition) is 4. The second-order valence-corrected chi connectivity index (χ2v) is 4.56. The maximum atomic E-state index is 11.9. The molecule has 1 aliphatic heterocycles. The van der Waals surface area contributed by atoms with E-state index in [0.717, 1.165) is 0 Å². The lowest BCUT2D eigenvalue weighted by Crippen LogP contribution is -2.41. The first-order chi connectivity index (χ1) is 8.57. The quantitative estimate of drug-likeness (QED) is 0.315. The Bertz CT molecular complexity index is 363. The topological polar surface area (TPSA) is 95.4 Å². The summed E-state index contributed by atoms with van der Waals surface area (Å²) in [6.07, 6.45) is 0.977. The van der Waals surface area contributed by atoms with Crippen LogP contribution >= 0.6 is 0 Å². The Morgan fingerprint density at radius 1 is 1.61 bits per heavy atom. The van der Waals surface area contributed by atoms with Gasteiger partial charge in [-0.25, -0.2) is 9.69 Å². The van der Waals surface area contributed by atoms with Crippen LogP contribution in [0.2, 0.25) is 0 Å². The molecule has 1 saturated heterocycles. The summed E-state index contributed by atoms with van der Waals surface area (Å²) >= 11 is 0. The monoisotopic (exact) mass is 254 g/mol. The summed E-state index contributed by atoms with van der Waals surface area (Å²) < 4.78 is 4.90. The number of cyclic esters (lactones) is 1. The van der Waals surface area contributed by atoms with Crippen LogP contribution in [0.25, 0.3) is 10.4 Å². The van der Waals surface area contributed by atoms with E-state index in [4.69, 9.17) is 10.3 Å². The van der Waals surface area contributed by atoms with Crippen molar-refractivity contribution in [2.45, 2.75) is 39.2 Å². The molecule has 7 nitrogen and oxygen atoms in total. The van der Waals surface area contributed by atoms with Crippen LogP contribution in [0.3, 0.4) is 0 Å². The van der Waals surface area contributed by atoms with E-state index < -0.39 is 6.09 Å². The molecule has 2 amide bonds. The Hall–Kier alpha value is -1.75. The van der Waals surface area contributed by atoms with Gasteiger partial charge in [0.15, 0.2) is 0 Å². The summed E-state index contributed by atoms with van der Waals surface area (Å²) in [7, 11) is 0. The van der Waals surface area contributed by atoms with Crippen molar-refractivity contribution in [3.63, 3.8) is 0 Å². The van der Waals surface area contributed by atoms with E-state index in [-0.39, 0.29) is 30.9 Å². The van der Waals surface area contributed by atoms with Gasteiger partial charge in [-0.05, 0) is 24.3 Å². The average molecular weight is 254 g/mol. The highest BCUT2D eigenvalue weighted by Gasteiger charge is 2.38. The number of carbonyl (C=O) groups is 2. The van der Waals surface area contributed by atoms with Crippen molar-refractivity contribution in [3.8, 4) is 0 Å². The van der Waals surface area contributed by atoms with Crippen LogP contribution in [0.1, 0.15) is 33.1 Å². The first kappa shape index (κ1) is 14.3. The van der Waals surface area contributed by atoms with Gasteiger partial charge in [0.2, 0.25) is 5.91 Å². The van der Waals surface area contributed by atoms with Crippen LogP contribution in [0.15, 0.2) is 5.11 Å². The van der Waals surface area contributed by atoms with E-state index in [0.29, 0.717) is 19.4 Å². The Morgan fingerprint density at radius 2 is 2.33 bits per heavy atom. The molecule has 1 aliphatic rings. The summed E-state index contributed by atoms with van der Waals surface area (Å²) in [5.74, 6) is -0.0271. The fourth-order valence-corrected chi connectivity index (χ4v) is 1.84. The van der Waals surface area contributed by atoms with Crippen molar-refractivity contribution < 1.29 is 14.3 Å². The summed E-state index contributed by atoms with van der Waals surface area (Å²) in [4.78, 5) is 27.3. The third kappa shape index (κ3) is 3.63. The molecule has 0 spiro atoms. The molecule has 0 aliphatic carbocycles. The van der Waals surface area contributed by atoms with Crippen molar-refractivity contribution >= 4 is 12.0 Å². The molecule has 0 N–H and O–H groups in total. The zero-order valence-electron chi connectivity index (χ0n) is 10.7. The minimum atomic E-state index is -0.547. The lowest BCUT2D eigenvalue weighted by molar-refractivity contribution is -0.129. The zero-order chi connectivity index (χ0) is 13.5. The second-order valence-electron chi connectivity index (χ2n) is 4.56. The maximum Gasteiger partial charge on any atom is 0.416 e. The Balaban J connectivity index is 2.44. The van der Waals surface area contributed by atoms with Gasteiger partial charge in [0.1, 0.15) is 6.61 Å². The molecule has 1 fully saturated rings. The third-order valence-electron chi connectivity index (χ3n) is 2.91. The molecule has 100 valence electrons. The van der Waals surface area contributed by atoms with E-state index >= 15 is 0 Å². The maximum absolute atomic E-state index is 11.9. The Kier molecular flexibility index (Phi) is 5.45. The molecule has 0 aromatic heterocycles. The fourth-order valence-electron chi connectivity index (χ4n) is 1.84. The molecular weight excluding hydrogens is 236 g/mol. The van der Waals surface area contributed by atoms with Crippen molar-refractivity contribution in [1.29, 1.82) is 0 Å². The zero-order valence-corrected chi connectivity index (χ0v) is 10.7. The number of amides is 2. The van der Waals surface area contributed by atoms with Crippen molar-refractivity contribution in [2.24, 2.45) is 11.0 Å². The van der Waals surface area contributed by atoms with Crippen LogP contribution in [0.4, 0.5) is 4.79 Å². The predicted octanol–water partition coefficient (Wildman–Crippen LogP) is 2.47. The molecule has 0 saturated carbocycles. The third-order valence-corrected chi connectivity index (χ3v) is 2.91. The van der Waals surface area contributed by atoms with Gasteiger partial charge in [-0.15, -0.1) is 0 Å². The van der Waals surface area contributed by atoms with E-state index in [2.05, 4.69) is 10.0 Å². The molecule has 1 heterocycles. The van der Waals surface area contributed by atoms with Gasteiger partial charge in [0.25, 0.3) is 0 Å². The first-order valence-electron chi connectivity index (χ1n) is 6.07. The highest BCUT2D eigenvalue weighted by molar-refractivity contribution is 5.93. The fraction of sp³-hybridized carbons (Fsp3) is 0.818. The van der Waals surface area contributed by atoms with Gasteiger partial charge in [-0.3, -0.25) is 4.79 Å². The molecule has 0 bridgehead atoms. The largest absolute Gasteiger partial charge is 0.447 e. The number of ether oxygens (including phenoxy) is 1. The first-order valence-corrected chi connectivity index (χ1v) is 6.07. The van der Waals surface area contributed by atoms with Crippen LogP contribution in [-0.2, 0) is 9.53 Å². The number of carbonyl (C=O) groups excluding carboxylic acids is 2. The average Bonchev–Trinajstić information content (AvgIpc) is 2.71. The van der Waals surface area contributed by atoms with E-state index in [1.165, 1.54) is 4.90 Å². The minimum Gasteiger partial charge on any atom is -0.447 e. The molecule has 1 atom stereocenters. The molecule has 18 heavy (non-hydrogen) atoms. The van der Waals surface area contributed by atoms with Crippen LogP contribution < -0.4 is 0 Å². The number of hydrogen-bond donors (Lipinski definition) is 0. The predicted molar refractivity (Wildman–Crippen MR) is 64.7 cm³/mol. The standard InChI is InChI=1S/C11H18N4O3/c1-8(2)9-7-18-11(17)15(9)10(16)5-3-4-6-13-14-12/h8-9H,3-7H2,1-2H3. The van der Waals surface area contributed by atoms with Crippen molar-refractivity contribution in [1.82, 2.24) is 4.90 Å². The Labute approximate surface area is 106 Å². The second kappa shape index (κ2) is 6.86. The summed E-state index contributed by atoms with van der Waals surface area (Å²) in [6, 6.07) is -0.165. The van der Waals surface area contributed by atoms with Gasteiger partial charge in [-0.2, -0.15) is 0 Å². The molecule has 1 unspecified atom stereocenters.